The highest BCUT2D eigenvalue weighted by Gasteiger charge is 2.19. The average Bonchev–Trinajstić information content (AvgIpc) is 2.85. The number of halogens is 1. The van der Waals surface area contributed by atoms with E-state index < -0.39 is 0 Å². The smallest absolute Gasteiger partial charge is 0.0763 e. The van der Waals surface area contributed by atoms with Gasteiger partial charge in [0.25, 0.3) is 0 Å². The number of hydrogen-bond acceptors (Lipinski definition) is 3. The minimum absolute atomic E-state index is 0.0490. The molecular formula is C13H17ClN4. The van der Waals surface area contributed by atoms with Gasteiger partial charge in [-0.15, -0.1) is 0 Å². The van der Waals surface area contributed by atoms with Crippen LogP contribution in [0.15, 0.2) is 30.7 Å². The first-order valence-corrected chi connectivity index (χ1v) is 6.50. The van der Waals surface area contributed by atoms with E-state index in [1.807, 2.05) is 23.0 Å². The van der Waals surface area contributed by atoms with Gasteiger partial charge in [0.05, 0.1) is 16.8 Å². The third kappa shape index (κ3) is 2.54. The molecule has 0 aliphatic rings. The topological polar surface area (TPSA) is 42.7 Å². The molecule has 0 aromatic carbocycles. The highest BCUT2D eigenvalue weighted by Crippen LogP contribution is 2.27. The summed E-state index contributed by atoms with van der Waals surface area (Å²) in [6.45, 7) is 5.85. The van der Waals surface area contributed by atoms with Crippen molar-refractivity contribution in [3.8, 4) is 0 Å². The molecule has 2 heterocycles. The first-order chi connectivity index (χ1) is 8.77. The molecule has 0 saturated carbocycles. The second-order valence-corrected chi connectivity index (χ2v) is 4.37. The van der Waals surface area contributed by atoms with Gasteiger partial charge >= 0.3 is 0 Å². The zero-order valence-corrected chi connectivity index (χ0v) is 11.4. The number of rotatable bonds is 5. The molecule has 5 heteroatoms. The summed E-state index contributed by atoms with van der Waals surface area (Å²) in [5.74, 6) is 0. The first-order valence-electron chi connectivity index (χ1n) is 6.12. The van der Waals surface area contributed by atoms with E-state index in [1.54, 1.807) is 12.4 Å². The standard InChI is InChI=1S/C13H17ClN4/c1-3-16-13(10-5-7-15-9-11(10)14)12-6-8-17-18(12)4-2/h5-9,13,16H,3-4H2,1-2H3. The van der Waals surface area contributed by atoms with Crippen molar-refractivity contribution in [1.82, 2.24) is 20.1 Å². The van der Waals surface area contributed by atoms with Crippen LogP contribution in [0.2, 0.25) is 5.02 Å². The highest BCUT2D eigenvalue weighted by atomic mass is 35.5. The van der Waals surface area contributed by atoms with Gasteiger partial charge in [-0.25, -0.2) is 0 Å². The molecule has 1 N–H and O–H groups in total. The van der Waals surface area contributed by atoms with Crippen molar-refractivity contribution in [3.05, 3.63) is 47.0 Å². The SMILES string of the molecule is CCNC(c1ccncc1Cl)c1ccnn1CC. The van der Waals surface area contributed by atoms with Crippen molar-refractivity contribution in [2.45, 2.75) is 26.4 Å². The summed E-state index contributed by atoms with van der Waals surface area (Å²) < 4.78 is 1.98. The maximum absolute atomic E-state index is 6.23. The van der Waals surface area contributed by atoms with Gasteiger partial charge in [0.15, 0.2) is 0 Å². The second-order valence-electron chi connectivity index (χ2n) is 3.96. The number of hydrogen-bond donors (Lipinski definition) is 1. The van der Waals surface area contributed by atoms with Crippen LogP contribution in [0, 0.1) is 0 Å². The van der Waals surface area contributed by atoms with E-state index >= 15 is 0 Å². The lowest BCUT2D eigenvalue weighted by molar-refractivity contribution is 0.542. The van der Waals surface area contributed by atoms with Crippen LogP contribution in [0.3, 0.4) is 0 Å². The lowest BCUT2D eigenvalue weighted by Gasteiger charge is -2.20. The monoisotopic (exact) mass is 264 g/mol. The third-order valence-electron chi connectivity index (χ3n) is 2.87. The molecule has 0 bridgehead atoms. The Labute approximate surface area is 112 Å². The normalized spacial score (nSPS) is 12.6. The van der Waals surface area contributed by atoms with E-state index in [4.69, 9.17) is 11.6 Å². The van der Waals surface area contributed by atoms with E-state index in [0.717, 1.165) is 24.3 Å². The number of nitrogens with one attached hydrogen (secondary N) is 1. The first kappa shape index (κ1) is 13.1. The van der Waals surface area contributed by atoms with Crippen LogP contribution in [0.25, 0.3) is 0 Å². The van der Waals surface area contributed by atoms with E-state index in [0.29, 0.717) is 5.02 Å². The number of aromatic nitrogens is 3. The summed E-state index contributed by atoms with van der Waals surface area (Å²) in [4.78, 5) is 4.03. The van der Waals surface area contributed by atoms with Crippen molar-refractivity contribution >= 4 is 11.6 Å². The molecule has 0 radical (unpaired) electrons. The van der Waals surface area contributed by atoms with Gasteiger partial charge in [0, 0.05) is 25.1 Å². The minimum Gasteiger partial charge on any atom is -0.305 e. The molecule has 0 spiro atoms. The molecule has 1 unspecified atom stereocenters. The summed E-state index contributed by atoms with van der Waals surface area (Å²) in [5, 5.41) is 8.43. The van der Waals surface area contributed by atoms with Crippen molar-refractivity contribution < 1.29 is 0 Å². The summed E-state index contributed by atoms with van der Waals surface area (Å²) in [6, 6.07) is 4.02. The Hall–Kier alpha value is -1.39. The molecule has 4 nitrogen and oxygen atoms in total. The van der Waals surface area contributed by atoms with E-state index in [1.165, 1.54) is 0 Å². The molecule has 2 aromatic heterocycles. The van der Waals surface area contributed by atoms with Gasteiger partial charge in [0.1, 0.15) is 0 Å². The third-order valence-corrected chi connectivity index (χ3v) is 3.18. The number of aryl methyl sites for hydroxylation is 1. The predicted octanol–water partition coefficient (Wildman–Crippen LogP) is 2.65. The van der Waals surface area contributed by atoms with Crippen LogP contribution in [0.4, 0.5) is 0 Å². The molecule has 0 aliphatic heterocycles. The summed E-state index contributed by atoms with van der Waals surface area (Å²) >= 11 is 6.23. The maximum atomic E-state index is 6.23. The zero-order valence-electron chi connectivity index (χ0n) is 10.6. The molecule has 2 aromatic rings. The van der Waals surface area contributed by atoms with E-state index in [9.17, 15) is 0 Å². The second kappa shape index (κ2) is 5.98. The Kier molecular flexibility index (Phi) is 4.33. The Morgan fingerprint density at radius 2 is 2.17 bits per heavy atom. The van der Waals surface area contributed by atoms with E-state index in [-0.39, 0.29) is 6.04 Å². The highest BCUT2D eigenvalue weighted by molar-refractivity contribution is 6.31. The van der Waals surface area contributed by atoms with Gasteiger partial charge in [0.2, 0.25) is 0 Å². The van der Waals surface area contributed by atoms with Gasteiger partial charge in [-0.1, -0.05) is 18.5 Å². The van der Waals surface area contributed by atoms with Gasteiger partial charge < -0.3 is 5.32 Å². The van der Waals surface area contributed by atoms with Crippen LogP contribution in [-0.4, -0.2) is 21.3 Å². The summed E-state index contributed by atoms with van der Waals surface area (Å²) in [5.41, 5.74) is 2.15. The van der Waals surface area contributed by atoms with Crippen molar-refractivity contribution in [1.29, 1.82) is 0 Å². The largest absolute Gasteiger partial charge is 0.305 e. The summed E-state index contributed by atoms with van der Waals surface area (Å²) in [7, 11) is 0. The average molecular weight is 265 g/mol. The quantitative estimate of drug-likeness (QED) is 0.903. The molecule has 2 rings (SSSR count). The van der Waals surface area contributed by atoms with Crippen LogP contribution >= 0.6 is 11.6 Å². The summed E-state index contributed by atoms with van der Waals surface area (Å²) in [6.07, 6.45) is 5.25. The zero-order chi connectivity index (χ0) is 13.0. The molecular weight excluding hydrogens is 248 g/mol. The number of nitrogens with zero attached hydrogens (tertiary/aromatic N) is 3. The van der Waals surface area contributed by atoms with Gasteiger partial charge in [-0.2, -0.15) is 5.10 Å². The Morgan fingerprint density at radius 3 is 2.83 bits per heavy atom. The fraction of sp³-hybridized carbons (Fsp3) is 0.385. The molecule has 0 aliphatic carbocycles. The number of pyridine rings is 1. The van der Waals surface area contributed by atoms with Crippen LogP contribution < -0.4 is 5.32 Å². The minimum atomic E-state index is 0.0490. The predicted molar refractivity (Wildman–Crippen MR) is 72.7 cm³/mol. The molecule has 18 heavy (non-hydrogen) atoms. The fourth-order valence-electron chi connectivity index (χ4n) is 2.05. The van der Waals surface area contributed by atoms with Crippen LogP contribution in [0.1, 0.15) is 31.1 Å². The molecule has 0 fully saturated rings. The molecule has 96 valence electrons. The van der Waals surface area contributed by atoms with Crippen LogP contribution in [-0.2, 0) is 6.54 Å². The fourth-order valence-corrected chi connectivity index (χ4v) is 2.28. The molecule has 1 atom stereocenters. The molecule has 0 amide bonds. The van der Waals surface area contributed by atoms with Gasteiger partial charge in [-0.3, -0.25) is 9.67 Å². The Balaban J connectivity index is 2.43. The lowest BCUT2D eigenvalue weighted by atomic mass is 10.0. The van der Waals surface area contributed by atoms with Crippen LogP contribution in [0.5, 0.6) is 0 Å². The maximum Gasteiger partial charge on any atom is 0.0763 e. The lowest BCUT2D eigenvalue weighted by Crippen LogP contribution is -2.25. The van der Waals surface area contributed by atoms with Crippen molar-refractivity contribution in [3.63, 3.8) is 0 Å². The Morgan fingerprint density at radius 1 is 1.33 bits per heavy atom. The van der Waals surface area contributed by atoms with E-state index in [2.05, 4.69) is 29.2 Å². The molecule has 0 saturated heterocycles. The van der Waals surface area contributed by atoms with Crippen molar-refractivity contribution in [2.24, 2.45) is 0 Å². The van der Waals surface area contributed by atoms with Gasteiger partial charge in [-0.05, 0) is 31.2 Å². The van der Waals surface area contributed by atoms with Crippen molar-refractivity contribution in [2.75, 3.05) is 6.54 Å². The Bertz CT molecular complexity index is 509.